The van der Waals surface area contributed by atoms with Crippen molar-refractivity contribution < 1.29 is 0 Å². The molecular weight excluding hydrogens is 192 g/mol. The molecule has 0 saturated carbocycles. The molecule has 66 valence electrons. The number of benzene rings is 1. The standard InChI is InChI=1S/C8H5ClN2O2/c9-4-1-2-6-5(3-4)7(12)8(13)11-10-6/h1-3H,(H,10,12)(H,11,13). The Morgan fingerprint density at radius 3 is 2.69 bits per heavy atom. The molecule has 1 aromatic carbocycles. The summed E-state index contributed by atoms with van der Waals surface area (Å²) in [5.41, 5.74) is -0.681. The molecule has 0 unspecified atom stereocenters. The lowest BCUT2D eigenvalue weighted by Gasteiger charge is -1.95. The van der Waals surface area contributed by atoms with E-state index in [1.165, 1.54) is 6.07 Å². The minimum Gasteiger partial charge on any atom is -0.297 e. The minimum absolute atomic E-state index is 0.302. The molecular formula is C8H5ClN2O2. The van der Waals surface area contributed by atoms with E-state index in [0.29, 0.717) is 15.9 Å². The van der Waals surface area contributed by atoms with Crippen molar-refractivity contribution in [1.29, 1.82) is 0 Å². The molecule has 0 bridgehead atoms. The second-order valence-electron chi connectivity index (χ2n) is 2.60. The number of halogens is 1. The summed E-state index contributed by atoms with van der Waals surface area (Å²) >= 11 is 5.68. The Balaban J connectivity index is 3.06. The maximum atomic E-state index is 11.3. The van der Waals surface area contributed by atoms with Gasteiger partial charge >= 0.3 is 5.56 Å². The highest BCUT2D eigenvalue weighted by molar-refractivity contribution is 6.31. The topological polar surface area (TPSA) is 65.7 Å². The van der Waals surface area contributed by atoms with Gasteiger partial charge in [-0.25, -0.2) is 0 Å². The van der Waals surface area contributed by atoms with Gasteiger partial charge in [0.05, 0.1) is 10.9 Å². The van der Waals surface area contributed by atoms with Gasteiger partial charge in [0.2, 0.25) is 0 Å². The number of fused-ring (bicyclic) bond motifs is 1. The molecule has 0 saturated heterocycles. The van der Waals surface area contributed by atoms with Crippen LogP contribution in [0.2, 0.25) is 5.02 Å². The first-order valence-corrected chi connectivity index (χ1v) is 3.96. The maximum Gasteiger partial charge on any atom is 0.310 e. The first-order chi connectivity index (χ1) is 6.18. The molecule has 13 heavy (non-hydrogen) atoms. The fourth-order valence-electron chi connectivity index (χ4n) is 1.12. The maximum absolute atomic E-state index is 11.3. The van der Waals surface area contributed by atoms with Gasteiger partial charge in [0.15, 0.2) is 0 Å². The Morgan fingerprint density at radius 2 is 1.92 bits per heavy atom. The molecule has 0 atom stereocenters. The zero-order valence-electron chi connectivity index (χ0n) is 6.43. The summed E-state index contributed by atoms with van der Waals surface area (Å²) in [5.74, 6) is 0. The highest BCUT2D eigenvalue weighted by atomic mass is 35.5. The van der Waals surface area contributed by atoms with Crippen LogP contribution in [-0.2, 0) is 0 Å². The van der Waals surface area contributed by atoms with E-state index in [1.807, 2.05) is 0 Å². The van der Waals surface area contributed by atoms with Crippen LogP contribution in [0, 0.1) is 0 Å². The Labute approximate surface area is 77.1 Å². The molecule has 0 radical (unpaired) electrons. The summed E-state index contributed by atoms with van der Waals surface area (Å²) in [7, 11) is 0. The fourth-order valence-corrected chi connectivity index (χ4v) is 1.29. The molecule has 5 heteroatoms. The fraction of sp³-hybridized carbons (Fsp3) is 0. The summed E-state index contributed by atoms with van der Waals surface area (Å²) in [6, 6.07) is 4.73. The Hall–Kier alpha value is -1.55. The van der Waals surface area contributed by atoms with E-state index in [-0.39, 0.29) is 0 Å². The second-order valence-corrected chi connectivity index (χ2v) is 3.03. The van der Waals surface area contributed by atoms with Crippen LogP contribution in [0.25, 0.3) is 10.9 Å². The predicted molar refractivity (Wildman–Crippen MR) is 50.2 cm³/mol. The first kappa shape index (κ1) is 8.07. The lowest BCUT2D eigenvalue weighted by Crippen LogP contribution is -2.27. The first-order valence-electron chi connectivity index (χ1n) is 3.59. The third kappa shape index (κ3) is 1.25. The van der Waals surface area contributed by atoms with Crippen LogP contribution in [0.15, 0.2) is 27.8 Å². The van der Waals surface area contributed by atoms with Gasteiger partial charge in [-0.2, -0.15) is 0 Å². The normalized spacial score (nSPS) is 10.5. The lowest BCUT2D eigenvalue weighted by atomic mass is 10.2. The van der Waals surface area contributed by atoms with Gasteiger partial charge in [0, 0.05) is 5.02 Å². The van der Waals surface area contributed by atoms with Gasteiger partial charge in [0.1, 0.15) is 0 Å². The van der Waals surface area contributed by atoms with Crippen LogP contribution in [0.1, 0.15) is 0 Å². The van der Waals surface area contributed by atoms with Crippen molar-refractivity contribution in [3.63, 3.8) is 0 Å². The van der Waals surface area contributed by atoms with E-state index in [1.54, 1.807) is 12.1 Å². The summed E-state index contributed by atoms with van der Waals surface area (Å²) in [4.78, 5) is 22.2. The molecule has 0 fully saturated rings. The molecule has 0 aliphatic carbocycles. The molecule has 1 heterocycles. The summed E-state index contributed by atoms with van der Waals surface area (Å²) < 4.78 is 0. The number of aromatic amines is 2. The van der Waals surface area contributed by atoms with Crippen molar-refractivity contribution in [3.05, 3.63) is 43.8 Å². The van der Waals surface area contributed by atoms with E-state index in [2.05, 4.69) is 10.2 Å². The number of H-pyrrole nitrogens is 2. The highest BCUT2D eigenvalue weighted by Gasteiger charge is 2.01. The quantitative estimate of drug-likeness (QED) is 0.614. The predicted octanol–water partition coefficient (Wildman–Crippen LogP) is 0.870. The number of aromatic nitrogens is 2. The number of rotatable bonds is 0. The van der Waals surface area contributed by atoms with Crippen LogP contribution in [0.4, 0.5) is 0 Å². The number of hydrogen-bond donors (Lipinski definition) is 2. The average Bonchev–Trinajstić information content (AvgIpc) is 2.12. The monoisotopic (exact) mass is 196 g/mol. The molecule has 0 amide bonds. The SMILES string of the molecule is O=c1[nH][nH]c2ccc(Cl)cc2c1=O. The highest BCUT2D eigenvalue weighted by Crippen LogP contribution is 2.12. The minimum atomic E-state index is -0.672. The van der Waals surface area contributed by atoms with Crippen molar-refractivity contribution in [2.24, 2.45) is 0 Å². The summed E-state index contributed by atoms with van der Waals surface area (Å²) in [6.07, 6.45) is 0. The van der Waals surface area contributed by atoms with Gasteiger partial charge in [-0.3, -0.25) is 19.8 Å². The van der Waals surface area contributed by atoms with Crippen LogP contribution >= 0.6 is 11.6 Å². The molecule has 0 aliphatic rings. The zero-order valence-corrected chi connectivity index (χ0v) is 7.18. The number of nitrogens with one attached hydrogen (secondary N) is 2. The zero-order chi connectivity index (χ0) is 9.42. The van der Waals surface area contributed by atoms with Gasteiger partial charge in [0.25, 0.3) is 5.43 Å². The molecule has 0 spiro atoms. The third-order valence-electron chi connectivity index (χ3n) is 1.74. The molecule has 2 N–H and O–H groups in total. The third-order valence-corrected chi connectivity index (χ3v) is 1.98. The van der Waals surface area contributed by atoms with E-state index in [9.17, 15) is 9.59 Å². The van der Waals surface area contributed by atoms with E-state index in [0.717, 1.165) is 0 Å². The van der Waals surface area contributed by atoms with Gasteiger partial charge in [-0.05, 0) is 18.2 Å². The average molecular weight is 197 g/mol. The van der Waals surface area contributed by atoms with E-state index >= 15 is 0 Å². The van der Waals surface area contributed by atoms with Crippen molar-refractivity contribution in [2.45, 2.75) is 0 Å². The smallest absolute Gasteiger partial charge is 0.297 e. The second kappa shape index (κ2) is 2.74. The Morgan fingerprint density at radius 1 is 1.15 bits per heavy atom. The van der Waals surface area contributed by atoms with Crippen LogP contribution in [-0.4, -0.2) is 10.2 Å². The van der Waals surface area contributed by atoms with Crippen LogP contribution in [0.5, 0.6) is 0 Å². The molecule has 4 nitrogen and oxygen atoms in total. The summed E-state index contributed by atoms with van der Waals surface area (Å²) in [6.45, 7) is 0. The molecule has 2 aromatic rings. The Bertz CT molecular complexity index is 570. The van der Waals surface area contributed by atoms with E-state index in [4.69, 9.17) is 11.6 Å². The Kier molecular flexibility index (Phi) is 1.70. The van der Waals surface area contributed by atoms with Gasteiger partial charge in [-0.15, -0.1) is 0 Å². The molecule has 2 rings (SSSR count). The van der Waals surface area contributed by atoms with Crippen LogP contribution < -0.4 is 11.0 Å². The molecule has 0 aliphatic heterocycles. The van der Waals surface area contributed by atoms with Gasteiger partial charge in [-0.1, -0.05) is 11.6 Å². The number of hydrogen-bond acceptors (Lipinski definition) is 2. The van der Waals surface area contributed by atoms with Crippen molar-refractivity contribution in [1.82, 2.24) is 10.2 Å². The largest absolute Gasteiger partial charge is 0.310 e. The molecule has 1 aromatic heterocycles. The summed E-state index contributed by atoms with van der Waals surface area (Å²) in [5, 5.41) is 5.55. The van der Waals surface area contributed by atoms with E-state index < -0.39 is 11.0 Å². The van der Waals surface area contributed by atoms with Crippen molar-refractivity contribution in [2.75, 3.05) is 0 Å². The van der Waals surface area contributed by atoms with Crippen molar-refractivity contribution in [3.8, 4) is 0 Å². The lowest BCUT2D eigenvalue weighted by molar-refractivity contribution is 1.01. The van der Waals surface area contributed by atoms with Gasteiger partial charge < -0.3 is 0 Å². The van der Waals surface area contributed by atoms with Crippen molar-refractivity contribution >= 4 is 22.5 Å². The van der Waals surface area contributed by atoms with Crippen LogP contribution in [0.3, 0.4) is 0 Å².